The van der Waals surface area contributed by atoms with Crippen LogP contribution in [-0.2, 0) is 11.2 Å². The highest BCUT2D eigenvalue weighted by atomic mass is 16.5. The number of nitrogens with zero attached hydrogens (tertiary/aromatic N) is 2. The molecule has 1 saturated heterocycles. The van der Waals surface area contributed by atoms with Crippen LogP contribution in [0.25, 0.3) is 0 Å². The van der Waals surface area contributed by atoms with E-state index >= 15 is 0 Å². The van der Waals surface area contributed by atoms with Crippen LogP contribution < -0.4 is 0 Å². The van der Waals surface area contributed by atoms with Crippen molar-refractivity contribution in [1.82, 2.24) is 9.78 Å². The first kappa shape index (κ1) is 9.71. The molecule has 0 spiro atoms. The Balaban J connectivity index is 2.09. The minimum absolute atomic E-state index is 0.570. The van der Waals surface area contributed by atoms with E-state index in [1.807, 2.05) is 6.20 Å². The van der Waals surface area contributed by atoms with Crippen LogP contribution in [-0.4, -0.2) is 23.0 Å². The van der Waals surface area contributed by atoms with E-state index in [4.69, 9.17) is 4.74 Å². The molecule has 0 unspecified atom stereocenters. The lowest BCUT2D eigenvalue weighted by atomic mass is 10.1. The topological polar surface area (TPSA) is 27.1 Å². The van der Waals surface area contributed by atoms with Gasteiger partial charge in [-0.1, -0.05) is 13.3 Å². The Bertz CT molecular complexity index is 277. The van der Waals surface area contributed by atoms with Crippen LogP contribution in [0.2, 0.25) is 0 Å². The van der Waals surface area contributed by atoms with Crippen LogP contribution in [0.5, 0.6) is 0 Å². The molecule has 0 amide bonds. The summed E-state index contributed by atoms with van der Waals surface area (Å²) in [6.45, 7) is 3.98. The summed E-state index contributed by atoms with van der Waals surface area (Å²) in [5, 5.41) is 4.42. The van der Waals surface area contributed by atoms with Crippen LogP contribution in [0.15, 0.2) is 12.3 Å². The Labute approximate surface area is 85.1 Å². The van der Waals surface area contributed by atoms with E-state index in [0.29, 0.717) is 6.04 Å². The number of hydrogen-bond acceptors (Lipinski definition) is 2. The molecule has 1 aromatic heterocycles. The van der Waals surface area contributed by atoms with E-state index in [9.17, 15) is 0 Å². The molecule has 1 fully saturated rings. The summed E-state index contributed by atoms with van der Waals surface area (Å²) in [5.41, 5.74) is 1.37. The van der Waals surface area contributed by atoms with Crippen molar-refractivity contribution in [2.24, 2.45) is 0 Å². The maximum atomic E-state index is 5.36. The number of hydrogen-bond donors (Lipinski definition) is 0. The second-order valence-electron chi connectivity index (χ2n) is 3.86. The highest BCUT2D eigenvalue weighted by molar-refractivity contribution is 5.02. The van der Waals surface area contributed by atoms with Crippen molar-refractivity contribution in [3.8, 4) is 0 Å². The van der Waals surface area contributed by atoms with Crippen molar-refractivity contribution >= 4 is 0 Å². The maximum Gasteiger partial charge on any atom is 0.0566 e. The molecule has 3 nitrogen and oxygen atoms in total. The molecule has 0 saturated carbocycles. The highest BCUT2D eigenvalue weighted by Gasteiger charge is 2.17. The van der Waals surface area contributed by atoms with Gasteiger partial charge in [0.25, 0.3) is 0 Å². The first-order valence-corrected chi connectivity index (χ1v) is 5.52. The van der Waals surface area contributed by atoms with Crippen molar-refractivity contribution in [3.05, 3.63) is 18.0 Å². The van der Waals surface area contributed by atoms with E-state index in [2.05, 4.69) is 22.8 Å². The van der Waals surface area contributed by atoms with Gasteiger partial charge >= 0.3 is 0 Å². The van der Waals surface area contributed by atoms with Crippen molar-refractivity contribution < 1.29 is 4.74 Å². The fourth-order valence-electron chi connectivity index (χ4n) is 2.05. The molecule has 2 rings (SSSR count). The summed E-state index contributed by atoms with van der Waals surface area (Å²) < 4.78 is 7.56. The first-order chi connectivity index (χ1) is 6.92. The van der Waals surface area contributed by atoms with Crippen molar-refractivity contribution in [2.75, 3.05) is 13.2 Å². The Kier molecular flexibility index (Phi) is 3.19. The average molecular weight is 194 g/mol. The van der Waals surface area contributed by atoms with E-state index in [1.165, 1.54) is 12.1 Å². The standard InChI is InChI=1S/C11H18N2O/c1-2-3-10-4-7-12-13(10)11-5-8-14-9-6-11/h4,7,11H,2-3,5-6,8-9H2,1H3. The lowest BCUT2D eigenvalue weighted by molar-refractivity contribution is 0.0654. The van der Waals surface area contributed by atoms with Crippen LogP contribution in [0.3, 0.4) is 0 Å². The highest BCUT2D eigenvalue weighted by Crippen LogP contribution is 2.21. The van der Waals surface area contributed by atoms with Gasteiger partial charge in [-0.15, -0.1) is 0 Å². The lowest BCUT2D eigenvalue weighted by Gasteiger charge is -2.24. The van der Waals surface area contributed by atoms with Crippen molar-refractivity contribution in [2.45, 2.75) is 38.6 Å². The molecule has 0 radical (unpaired) electrons. The molecule has 0 N–H and O–H groups in total. The van der Waals surface area contributed by atoms with Gasteiger partial charge < -0.3 is 4.74 Å². The predicted molar refractivity (Wildman–Crippen MR) is 55.3 cm³/mol. The van der Waals surface area contributed by atoms with Gasteiger partial charge in [-0.05, 0) is 25.3 Å². The Morgan fingerprint density at radius 1 is 1.50 bits per heavy atom. The van der Waals surface area contributed by atoms with E-state index in [0.717, 1.165) is 32.5 Å². The molecule has 14 heavy (non-hydrogen) atoms. The normalized spacial score (nSPS) is 18.6. The van der Waals surface area contributed by atoms with Crippen molar-refractivity contribution in [1.29, 1.82) is 0 Å². The fourth-order valence-corrected chi connectivity index (χ4v) is 2.05. The van der Waals surface area contributed by atoms with Gasteiger partial charge in [0.1, 0.15) is 0 Å². The van der Waals surface area contributed by atoms with Crippen LogP contribution in [0.4, 0.5) is 0 Å². The lowest BCUT2D eigenvalue weighted by Crippen LogP contribution is -2.21. The zero-order valence-electron chi connectivity index (χ0n) is 8.78. The third-order valence-electron chi connectivity index (χ3n) is 2.80. The van der Waals surface area contributed by atoms with Crippen molar-refractivity contribution in [3.63, 3.8) is 0 Å². The Hall–Kier alpha value is -0.830. The minimum Gasteiger partial charge on any atom is -0.381 e. The Morgan fingerprint density at radius 3 is 3.00 bits per heavy atom. The predicted octanol–water partition coefficient (Wildman–Crippen LogP) is 2.19. The van der Waals surface area contributed by atoms with E-state index in [1.54, 1.807) is 0 Å². The minimum atomic E-state index is 0.570. The van der Waals surface area contributed by atoms with Gasteiger partial charge in [0.15, 0.2) is 0 Å². The van der Waals surface area contributed by atoms with Crippen LogP contribution >= 0.6 is 0 Å². The SMILES string of the molecule is CCCc1ccnn1C1CCOCC1. The largest absolute Gasteiger partial charge is 0.381 e. The second-order valence-corrected chi connectivity index (χ2v) is 3.86. The molecule has 3 heteroatoms. The molecule has 1 aromatic rings. The zero-order valence-corrected chi connectivity index (χ0v) is 8.78. The summed E-state index contributed by atoms with van der Waals surface area (Å²) >= 11 is 0. The molecule has 0 atom stereocenters. The van der Waals surface area contributed by atoms with Gasteiger partial charge in [0.05, 0.1) is 6.04 Å². The number of rotatable bonds is 3. The summed E-state index contributed by atoms with van der Waals surface area (Å²) in [6.07, 6.45) is 6.46. The molecular formula is C11H18N2O. The number of ether oxygens (including phenoxy) is 1. The molecule has 2 heterocycles. The van der Waals surface area contributed by atoms with Crippen LogP contribution in [0, 0.1) is 0 Å². The van der Waals surface area contributed by atoms with Gasteiger partial charge in [-0.25, -0.2) is 0 Å². The molecule has 1 aliphatic heterocycles. The first-order valence-electron chi connectivity index (χ1n) is 5.52. The molecule has 0 bridgehead atoms. The smallest absolute Gasteiger partial charge is 0.0566 e. The summed E-state index contributed by atoms with van der Waals surface area (Å²) in [7, 11) is 0. The van der Waals surface area contributed by atoms with Gasteiger partial charge in [-0.2, -0.15) is 5.10 Å². The summed E-state index contributed by atoms with van der Waals surface area (Å²) in [4.78, 5) is 0. The third-order valence-corrected chi connectivity index (χ3v) is 2.80. The molecule has 0 aromatic carbocycles. The third kappa shape index (κ3) is 1.98. The maximum absolute atomic E-state index is 5.36. The zero-order chi connectivity index (χ0) is 9.80. The monoisotopic (exact) mass is 194 g/mol. The number of aromatic nitrogens is 2. The van der Waals surface area contributed by atoms with Gasteiger partial charge in [0, 0.05) is 25.1 Å². The molecule has 0 aliphatic carbocycles. The average Bonchev–Trinajstić information content (AvgIpc) is 2.68. The van der Waals surface area contributed by atoms with Crippen LogP contribution in [0.1, 0.15) is 37.9 Å². The summed E-state index contributed by atoms with van der Waals surface area (Å²) in [5.74, 6) is 0. The van der Waals surface area contributed by atoms with Gasteiger partial charge in [0.2, 0.25) is 0 Å². The quantitative estimate of drug-likeness (QED) is 0.737. The molecule has 1 aliphatic rings. The molecular weight excluding hydrogens is 176 g/mol. The van der Waals surface area contributed by atoms with E-state index in [-0.39, 0.29) is 0 Å². The van der Waals surface area contributed by atoms with Gasteiger partial charge in [-0.3, -0.25) is 4.68 Å². The fraction of sp³-hybridized carbons (Fsp3) is 0.727. The summed E-state index contributed by atoms with van der Waals surface area (Å²) in [6, 6.07) is 2.71. The van der Waals surface area contributed by atoms with E-state index < -0.39 is 0 Å². The second kappa shape index (κ2) is 4.60. The Morgan fingerprint density at radius 2 is 2.29 bits per heavy atom. The molecule has 78 valence electrons. The number of aryl methyl sites for hydroxylation is 1.